The summed E-state index contributed by atoms with van der Waals surface area (Å²) >= 11 is 0. The van der Waals surface area contributed by atoms with Crippen LogP contribution in [0.15, 0.2) is 17.7 Å². The molecule has 1 aliphatic rings. The van der Waals surface area contributed by atoms with Crippen molar-refractivity contribution in [2.45, 2.75) is 44.8 Å². The molecule has 3 N–H and O–H groups in total. The monoisotopic (exact) mass is 406 g/mol. The van der Waals surface area contributed by atoms with Crippen LogP contribution < -0.4 is 19.9 Å². The smallest absolute Gasteiger partial charge is 0.259 e. The molecule has 0 aliphatic carbocycles. The van der Waals surface area contributed by atoms with E-state index in [1.165, 1.54) is 21.3 Å². The summed E-state index contributed by atoms with van der Waals surface area (Å²) < 4.78 is 15.9. The van der Waals surface area contributed by atoms with Crippen molar-refractivity contribution in [2.24, 2.45) is 5.73 Å². The van der Waals surface area contributed by atoms with Crippen molar-refractivity contribution in [3.05, 3.63) is 23.3 Å². The summed E-state index contributed by atoms with van der Waals surface area (Å²) in [7, 11) is 4.52. The van der Waals surface area contributed by atoms with E-state index in [2.05, 4.69) is 0 Å². The first-order valence-corrected chi connectivity index (χ1v) is 9.71. The van der Waals surface area contributed by atoms with Crippen molar-refractivity contribution < 1.29 is 28.9 Å². The topological polar surface area (TPSA) is 111 Å². The van der Waals surface area contributed by atoms with Crippen molar-refractivity contribution in [3.63, 3.8) is 0 Å². The van der Waals surface area contributed by atoms with Crippen molar-refractivity contribution in [1.82, 2.24) is 4.90 Å². The van der Waals surface area contributed by atoms with Gasteiger partial charge in [0.2, 0.25) is 11.7 Å². The van der Waals surface area contributed by atoms with Gasteiger partial charge in [-0.3, -0.25) is 14.5 Å². The van der Waals surface area contributed by atoms with E-state index in [0.717, 1.165) is 30.6 Å². The summed E-state index contributed by atoms with van der Waals surface area (Å²) in [5.74, 6) is 0.466. The van der Waals surface area contributed by atoms with Crippen LogP contribution in [0.5, 0.6) is 17.2 Å². The number of likely N-dealkylation sites (tertiary alicyclic amines) is 1. The number of ether oxygens (including phenoxy) is 3. The van der Waals surface area contributed by atoms with Gasteiger partial charge < -0.3 is 25.1 Å². The Morgan fingerprint density at radius 3 is 2.24 bits per heavy atom. The highest BCUT2D eigenvalue weighted by Crippen LogP contribution is 2.39. The van der Waals surface area contributed by atoms with Crippen LogP contribution in [0.3, 0.4) is 0 Å². The fourth-order valence-electron chi connectivity index (χ4n) is 3.35. The van der Waals surface area contributed by atoms with Crippen LogP contribution in [0.4, 0.5) is 0 Å². The largest absolute Gasteiger partial charge is 0.493 e. The van der Waals surface area contributed by atoms with Crippen molar-refractivity contribution in [1.29, 1.82) is 0 Å². The van der Waals surface area contributed by atoms with E-state index < -0.39 is 18.0 Å². The average molecular weight is 406 g/mol. The normalized spacial score (nSPS) is 16.4. The standard InChI is InChI=1S/C21H30N2O6/c1-27-16-11-14(12-17(28-2)20(16)29-3)10-15-13-19(25)23(21(15)26)18(24)8-6-4-5-7-9-22/h10-12,18,24H,4-9,13,22H2,1-3H3/b15-10+. The molecule has 0 spiro atoms. The zero-order valence-corrected chi connectivity index (χ0v) is 17.3. The summed E-state index contributed by atoms with van der Waals surface area (Å²) in [6.45, 7) is 0.640. The number of methoxy groups -OCH3 is 3. The molecule has 1 atom stereocenters. The lowest BCUT2D eigenvalue weighted by Crippen LogP contribution is -2.39. The molecule has 0 saturated carbocycles. The zero-order valence-electron chi connectivity index (χ0n) is 17.3. The molecule has 0 radical (unpaired) electrons. The summed E-state index contributed by atoms with van der Waals surface area (Å²) in [6.07, 6.45) is 4.33. The number of nitrogens with zero attached hydrogens (tertiary/aromatic N) is 1. The first kappa shape index (κ1) is 22.7. The third kappa shape index (κ3) is 5.48. The predicted molar refractivity (Wildman–Crippen MR) is 109 cm³/mol. The molecule has 2 amide bonds. The zero-order chi connectivity index (χ0) is 21.4. The number of nitrogens with two attached hydrogens (primary N) is 1. The number of imide groups is 1. The van der Waals surface area contributed by atoms with Gasteiger partial charge in [0.1, 0.15) is 6.23 Å². The number of aliphatic hydroxyl groups is 1. The summed E-state index contributed by atoms with van der Waals surface area (Å²) in [6, 6.07) is 3.39. The maximum atomic E-state index is 12.7. The second kappa shape index (κ2) is 10.8. The molecule has 29 heavy (non-hydrogen) atoms. The maximum absolute atomic E-state index is 12.7. The number of benzene rings is 1. The fourth-order valence-corrected chi connectivity index (χ4v) is 3.35. The molecule has 160 valence electrons. The molecule has 8 nitrogen and oxygen atoms in total. The van der Waals surface area contributed by atoms with Gasteiger partial charge >= 0.3 is 0 Å². The highest BCUT2D eigenvalue weighted by molar-refractivity contribution is 6.15. The van der Waals surface area contributed by atoms with Crippen LogP contribution in [-0.2, 0) is 9.59 Å². The van der Waals surface area contributed by atoms with E-state index in [-0.39, 0.29) is 6.42 Å². The lowest BCUT2D eigenvalue weighted by atomic mass is 10.1. The summed E-state index contributed by atoms with van der Waals surface area (Å²) in [5.41, 5.74) is 6.41. The Balaban J connectivity index is 2.15. The Labute approximate surface area is 171 Å². The van der Waals surface area contributed by atoms with Gasteiger partial charge in [-0.25, -0.2) is 0 Å². The molecule has 1 saturated heterocycles. The average Bonchev–Trinajstić information content (AvgIpc) is 2.99. The van der Waals surface area contributed by atoms with E-state index >= 15 is 0 Å². The molecule has 2 rings (SSSR count). The molecule has 1 aliphatic heterocycles. The van der Waals surface area contributed by atoms with Crippen molar-refractivity contribution >= 4 is 17.9 Å². The number of aliphatic hydroxyl groups excluding tert-OH is 1. The minimum absolute atomic E-state index is 0.0558. The van der Waals surface area contributed by atoms with Crippen LogP contribution in [0.25, 0.3) is 6.08 Å². The highest BCUT2D eigenvalue weighted by atomic mass is 16.5. The van der Waals surface area contributed by atoms with Crippen molar-refractivity contribution in [2.75, 3.05) is 27.9 Å². The van der Waals surface area contributed by atoms with Crippen LogP contribution in [-0.4, -0.2) is 55.9 Å². The lowest BCUT2D eigenvalue weighted by Gasteiger charge is -2.20. The summed E-state index contributed by atoms with van der Waals surface area (Å²) in [4.78, 5) is 26.0. The second-order valence-corrected chi connectivity index (χ2v) is 6.85. The van der Waals surface area contributed by atoms with E-state index in [1.54, 1.807) is 18.2 Å². The Morgan fingerprint density at radius 1 is 1.07 bits per heavy atom. The third-order valence-electron chi connectivity index (χ3n) is 4.85. The minimum Gasteiger partial charge on any atom is -0.493 e. The van der Waals surface area contributed by atoms with E-state index in [0.29, 0.717) is 41.4 Å². The summed E-state index contributed by atoms with van der Waals surface area (Å²) in [5, 5.41) is 10.3. The molecule has 1 aromatic rings. The number of carbonyl (C=O) groups is 2. The molecule has 0 bridgehead atoms. The number of unbranched alkanes of at least 4 members (excludes halogenated alkanes) is 3. The van der Waals surface area contributed by atoms with Gasteiger partial charge in [-0.15, -0.1) is 0 Å². The van der Waals surface area contributed by atoms with Gasteiger partial charge in [0, 0.05) is 5.57 Å². The van der Waals surface area contributed by atoms with Gasteiger partial charge in [0.15, 0.2) is 11.5 Å². The number of amides is 2. The Kier molecular flexibility index (Phi) is 8.48. The predicted octanol–water partition coefficient (Wildman–Crippen LogP) is 2.08. The lowest BCUT2D eigenvalue weighted by molar-refractivity contribution is -0.148. The van der Waals surface area contributed by atoms with Crippen LogP contribution in [0.2, 0.25) is 0 Å². The first-order chi connectivity index (χ1) is 14.0. The van der Waals surface area contributed by atoms with Crippen LogP contribution in [0, 0.1) is 0 Å². The first-order valence-electron chi connectivity index (χ1n) is 9.71. The van der Waals surface area contributed by atoms with Gasteiger partial charge in [0.05, 0.1) is 27.8 Å². The maximum Gasteiger partial charge on any atom is 0.259 e. The van der Waals surface area contributed by atoms with E-state index in [1.807, 2.05) is 0 Å². The minimum atomic E-state index is -1.11. The molecule has 1 unspecified atom stereocenters. The third-order valence-corrected chi connectivity index (χ3v) is 4.85. The van der Waals surface area contributed by atoms with Gasteiger partial charge in [-0.2, -0.15) is 0 Å². The molecular weight excluding hydrogens is 376 g/mol. The Hall–Kier alpha value is -2.58. The number of carbonyl (C=O) groups excluding carboxylic acids is 2. The quantitative estimate of drug-likeness (QED) is 0.329. The van der Waals surface area contributed by atoms with E-state index in [4.69, 9.17) is 19.9 Å². The SMILES string of the molecule is COc1cc(/C=C2\CC(=O)N(C(O)CCCCCCN)C2=O)cc(OC)c1OC. The van der Waals surface area contributed by atoms with Crippen molar-refractivity contribution in [3.8, 4) is 17.2 Å². The van der Waals surface area contributed by atoms with Gasteiger partial charge in [-0.05, 0) is 49.6 Å². The van der Waals surface area contributed by atoms with Gasteiger partial charge in [0.25, 0.3) is 5.91 Å². The number of rotatable bonds is 11. The second-order valence-electron chi connectivity index (χ2n) is 6.85. The molecule has 1 aromatic carbocycles. The fraction of sp³-hybridized carbons (Fsp3) is 0.524. The van der Waals surface area contributed by atoms with Crippen LogP contribution >= 0.6 is 0 Å². The molecule has 1 fully saturated rings. The highest BCUT2D eigenvalue weighted by Gasteiger charge is 2.37. The Bertz CT molecular complexity index is 737. The molecule has 0 aromatic heterocycles. The van der Waals surface area contributed by atoms with Gasteiger partial charge in [-0.1, -0.05) is 12.8 Å². The molecule has 1 heterocycles. The number of hydrogen-bond donors (Lipinski definition) is 2. The molecule has 8 heteroatoms. The Morgan fingerprint density at radius 2 is 1.69 bits per heavy atom. The van der Waals surface area contributed by atoms with Crippen LogP contribution in [0.1, 0.15) is 44.1 Å². The van der Waals surface area contributed by atoms with E-state index in [9.17, 15) is 14.7 Å². The molecular formula is C21H30N2O6. The number of hydrogen-bond acceptors (Lipinski definition) is 7.